The normalized spacial score (nSPS) is 15.5. The molecule has 1 saturated heterocycles. The second kappa shape index (κ2) is 10.5. The molecule has 3 heteroatoms. The predicted molar refractivity (Wildman–Crippen MR) is 156 cm³/mol. The van der Waals surface area contributed by atoms with E-state index in [9.17, 15) is 4.79 Å². The van der Waals surface area contributed by atoms with Gasteiger partial charge in [0, 0.05) is 29.7 Å². The highest BCUT2D eigenvalue weighted by Crippen LogP contribution is 2.44. The Hall–Kier alpha value is -2.13. The van der Waals surface area contributed by atoms with E-state index in [0.717, 1.165) is 49.7 Å². The van der Waals surface area contributed by atoms with E-state index in [1.807, 2.05) is 6.92 Å². The Labute approximate surface area is 218 Å². The van der Waals surface area contributed by atoms with Crippen molar-refractivity contribution in [2.24, 2.45) is 0 Å². The van der Waals surface area contributed by atoms with Crippen molar-refractivity contribution in [1.29, 1.82) is 0 Å². The number of aryl methyl sites for hydroxylation is 2. The summed E-state index contributed by atoms with van der Waals surface area (Å²) in [5.74, 6) is 0.183. The van der Waals surface area contributed by atoms with E-state index < -0.39 is 0 Å². The zero-order chi connectivity index (χ0) is 24.5. The molecule has 0 aliphatic carbocycles. The molecule has 1 atom stereocenters. The molecule has 0 spiro atoms. The van der Waals surface area contributed by atoms with Crippen molar-refractivity contribution in [3.63, 3.8) is 0 Å². The van der Waals surface area contributed by atoms with Crippen molar-refractivity contribution in [2.75, 3.05) is 18.0 Å². The molecule has 0 radical (unpaired) electrons. The van der Waals surface area contributed by atoms with Gasteiger partial charge in [0.1, 0.15) is 0 Å². The maximum atomic E-state index is 13.4. The molecule has 4 aromatic carbocycles. The molecule has 184 valence electrons. The Bertz CT molecular complexity index is 1350. The van der Waals surface area contributed by atoms with Gasteiger partial charge in [-0.25, -0.2) is 0 Å². The average molecular weight is 533 g/mol. The van der Waals surface area contributed by atoms with Crippen LogP contribution >= 0.6 is 15.9 Å². The minimum Gasteiger partial charge on any atom is -0.371 e. The second-order valence-corrected chi connectivity index (χ2v) is 11.8. The maximum Gasteiger partial charge on any atom is 0.176 e. The summed E-state index contributed by atoms with van der Waals surface area (Å²) in [4.78, 5) is 15.8. The van der Waals surface area contributed by atoms with Crippen molar-refractivity contribution in [1.82, 2.24) is 0 Å². The van der Waals surface area contributed by atoms with E-state index in [2.05, 4.69) is 71.1 Å². The lowest BCUT2D eigenvalue weighted by Gasteiger charge is -2.31. The van der Waals surface area contributed by atoms with Crippen molar-refractivity contribution in [3.05, 3.63) is 53.1 Å². The summed E-state index contributed by atoms with van der Waals surface area (Å²) in [6.07, 6.45) is 10.7. The lowest BCUT2D eigenvalue weighted by molar-refractivity contribution is 0.0997. The standard InChI is InChI=1S/C32H38BrNO/c1-4-6-11-22-19-28(32(35)21(3)33)26-15-13-25-23(12-7-5-2)20-29(34-17-9-8-10-18-34)27-16-14-24(22)30(26)31(25)27/h13-16,19-21H,4-12,17-18H2,1-3H3. The third kappa shape index (κ3) is 4.46. The molecule has 2 nitrogen and oxygen atoms in total. The van der Waals surface area contributed by atoms with E-state index in [4.69, 9.17) is 0 Å². The lowest BCUT2D eigenvalue weighted by Crippen LogP contribution is -2.29. The highest BCUT2D eigenvalue weighted by atomic mass is 79.9. The Morgan fingerprint density at radius 1 is 0.829 bits per heavy atom. The number of nitrogens with zero attached hydrogens (tertiary/aromatic N) is 1. The van der Waals surface area contributed by atoms with Gasteiger partial charge in [0.2, 0.25) is 0 Å². The first-order chi connectivity index (χ1) is 17.0. The fourth-order valence-electron chi connectivity index (χ4n) is 6.08. The topological polar surface area (TPSA) is 20.3 Å². The van der Waals surface area contributed by atoms with Gasteiger partial charge in [-0.3, -0.25) is 4.79 Å². The van der Waals surface area contributed by atoms with Gasteiger partial charge in [-0.2, -0.15) is 0 Å². The minimum absolute atomic E-state index is 0.183. The number of piperidine rings is 1. The van der Waals surface area contributed by atoms with Gasteiger partial charge >= 0.3 is 0 Å². The van der Waals surface area contributed by atoms with Gasteiger partial charge < -0.3 is 4.90 Å². The second-order valence-electron chi connectivity index (χ2n) is 10.4. The van der Waals surface area contributed by atoms with Gasteiger partial charge in [0.25, 0.3) is 0 Å². The molecule has 4 aromatic rings. The van der Waals surface area contributed by atoms with Crippen LogP contribution in [0.15, 0.2) is 36.4 Å². The van der Waals surface area contributed by atoms with Gasteiger partial charge in [-0.15, -0.1) is 0 Å². The molecule has 0 N–H and O–H groups in total. The highest BCUT2D eigenvalue weighted by molar-refractivity contribution is 9.10. The van der Waals surface area contributed by atoms with Crippen LogP contribution in [0.25, 0.3) is 32.3 Å². The Morgan fingerprint density at radius 3 is 1.97 bits per heavy atom. The Morgan fingerprint density at radius 2 is 1.37 bits per heavy atom. The van der Waals surface area contributed by atoms with Crippen molar-refractivity contribution < 1.29 is 4.79 Å². The van der Waals surface area contributed by atoms with E-state index in [-0.39, 0.29) is 10.6 Å². The van der Waals surface area contributed by atoms with Crippen LogP contribution in [0.5, 0.6) is 0 Å². The zero-order valence-electron chi connectivity index (χ0n) is 21.6. The molecular formula is C32H38BrNO. The van der Waals surface area contributed by atoms with Gasteiger partial charge in [-0.05, 0) is 102 Å². The number of hydrogen-bond donors (Lipinski definition) is 0. The van der Waals surface area contributed by atoms with Crippen LogP contribution in [0.1, 0.15) is 87.2 Å². The molecule has 0 aromatic heterocycles. The largest absolute Gasteiger partial charge is 0.371 e. The van der Waals surface area contributed by atoms with Crippen molar-refractivity contribution in [2.45, 2.75) is 83.4 Å². The number of unbranched alkanes of at least 4 members (excludes halogenated alkanes) is 2. The van der Waals surface area contributed by atoms with Crippen molar-refractivity contribution in [3.8, 4) is 0 Å². The summed E-state index contributed by atoms with van der Waals surface area (Å²) in [5, 5.41) is 7.88. The predicted octanol–water partition coefficient (Wildman–Crippen LogP) is 9.23. The number of anilines is 1. The highest BCUT2D eigenvalue weighted by Gasteiger charge is 2.23. The Kier molecular flexibility index (Phi) is 7.34. The number of ketones is 1. The summed E-state index contributed by atoms with van der Waals surface area (Å²) in [6, 6.07) is 13.9. The fraction of sp³-hybridized carbons (Fsp3) is 0.469. The van der Waals surface area contributed by atoms with Crippen LogP contribution in [0, 0.1) is 0 Å². The first kappa shape index (κ1) is 24.6. The van der Waals surface area contributed by atoms with E-state index in [0.29, 0.717) is 0 Å². The number of rotatable bonds is 9. The molecule has 1 aliphatic heterocycles. The molecule has 1 aliphatic rings. The Balaban J connectivity index is 1.88. The number of carbonyl (C=O) groups is 1. The lowest BCUT2D eigenvalue weighted by atomic mass is 9.84. The molecule has 1 fully saturated rings. The van der Waals surface area contributed by atoms with Crippen LogP contribution < -0.4 is 4.90 Å². The number of Topliss-reactive ketones (excluding diaryl/α,β-unsaturated/α-hetero) is 1. The van der Waals surface area contributed by atoms with Gasteiger partial charge in [-0.1, -0.05) is 66.9 Å². The zero-order valence-corrected chi connectivity index (χ0v) is 23.1. The first-order valence-electron chi connectivity index (χ1n) is 13.7. The monoisotopic (exact) mass is 531 g/mol. The van der Waals surface area contributed by atoms with Crippen LogP contribution in [0.2, 0.25) is 0 Å². The molecule has 0 saturated carbocycles. The van der Waals surface area contributed by atoms with Crippen LogP contribution in [0.3, 0.4) is 0 Å². The summed E-state index contributed by atoms with van der Waals surface area (Å²) in [5.41, 5.74) is 5.07. The molecule has 0 bridgehead atoms. The molecule has 1 heterocycles. The third-order valence-electron chi connectivity index (χ3n) is 7.97. The summed E-state index contributed by atoms with van der Waals surface area (Å²) >= 11 is 3.57. The van der Waals surface area contributed by atoms with E-state index >= 15 is 0 Å². The molecule has 0 amide bonds. The quantitative estimate of drug-likeness (QED) is 0.122. The SMILES string of the molecule is CCCCc1cc(C(=O)C(C)Br)c2ccc3c(CCCC)cc(N4CCCCC4)c4ccc1c2c34. The molecule has 35 heavy (non-hydrogen) atoms. The van der Waals surface area contributed by atoms with Crippen LogP contribution in [0.4, 0.5) is 5.69 Å². The molecular weight excluding hydrogens is 494 g/mol. The van der Waals surface area contributed by atoms with E-state index in [1.165, 1.54) is 75.8 Å². The number of halogens is 1. The van der Waals surface area contributed by atoms with Crippen molar-refractivity contribution >= 4 is 59.7 Å². The van der Waals surface area contributed by atoms with Crippen LogP contribution in [-0.2, 0) is 12.8 Å². The van der Waals surface area contributed by atoms with Gasteiger partial charge in [0.05, 0.1) is 4.83 Å². The fourth-order valence-corrected chi connectivity index (χ4v) is 6.33. The van der Waals surface area contributed by atoms with E-state index in [1.54, 1.807) is 0 Å². The average Bonchev–Trinajstić information content (AvgIpc) is 2.89. The molecule has 5 rings (SSSR count). The maximum absolute atomic E-state index is 13.4. The first-order valence-corrected chi connectivity index (χ1v) is 14.7. The summed E-state index contributed by atoms with van der Waals surface area (Å²) in [7, 11) is 0. The minimum atomic E-state index is -0.191. The van der Waals surface area contributed by atoms with Gasteiger partial charge in [0.15, 0.2) is 5.78 Å². The van der Waals surface area contributed by atoms with Crippen LogP contribution in [-0.4, -0.2) is 23.7 Å². The number of hydrogen-bond acceptors (Lipinski definition) is 2. The number of carbonyl (C=O) groups excluding carboxylic acids is 1. The third-order valence-corrected chi connectivity index (χ3v) is 8.39. The molecule has 1 unspecified atom stereocenters. The summed E-state index contributed by atoms with van der Waals surface area (Å²) < 4.78 is 0. The smallest absolute Gasteiger partial charge is 0.176 e. The number of benzene rings is 4. The number of alkyl halides is 1. The summed E-state index contributed by atoms with van der Waals surface area (Å²) in [6.45, 7) is 8.76.